The highest BCUT2D eigenvalue weighted by Gasteiger charge is 2.12. The molecule has 0 spiro atoms. The molecule has 0 aromatic rings. The SMILES string of the molecule is CCO[SiH](CNC(=O)CC)OCC. The molecule has 0 aliphatic heterocycles. The standard InChI is InChI=1S/C8H19NO3Si/c1-4-8(10)9-7-13(11-5-2)12-6-3/h13H,4-7H2,1-3H3,(H,9,10). The highest BCUT2D eigenvalue weighted by molar-refractivity contribution is 6.44. The molecule has 0 aliphatic rings. The first-order chi connectivity index (χ1) is 6.24. The van der Waals surface area contributed by atoms with E-state index in [9.17, 15) is 4.79 Å². The average Bonchev–Trinajstić information content (AvgIpc) is 2.14. The van der Waals surface area contributed by atoms with E-state index in [4.69, 9.17) is 8.85 Å². The molecule has 0 atom stereocenters. The maximum Gasteiger partial charge on any atom is 0.341 e. The second-order valence-corrected chi connectivity index (χ2v) is 4.43. The third-order valence-corrected chi connectivity index (χ3v) is 3.44. The van der Waals surface area contributed by atoms with Gasteiger partial charge < -0.3 is 14.2 Å². The van der Waals surface area contributed by atoms with Crippen LogP contribution in [0.25, 0.3) is 0 Å². The van der Waals surface area contributed by atoms with Gasteiger partial charge in [-0.25, -0.2) is 0 Å². The average molecular weight is 205 g/mol. The van der Waals surface area contributed by atoms with Crippen LogP contribution in [0.3, 0.4) is 0 Å². The summed E-state index contributed by atoms with van der Waals surface area (Å²) in [4.78, 5) is 10.9. The van der Waals surface area contributed by atoms with Crippen LogP contribution in [0.2, 0.25) is 0 Å². The van der Waals surface area contributed by atoms with Crippen LogP contribution in [0.1, 0.15) is 27.2 Å². The van der Waals surface area contributed by atoms with E-state index in [1.54, 1.807) is 0 Å². The number of carbonyl (C=O) groups is 1. The minimum absolute atomic E-state index is 0.0527. The highest BCUT2D eigenvalue weighted by atomic mass is 28.3. The Kier molecular flexibility index (Phi) is 7.97. The summed E-state index contributed by atoms with van der Waals surface area (Å²) in [5, 5.41) is 2.77. The first kappa shape index (κ1) is 12.6. The zero-order valence-corrected chi connectivity index (χ0v) is 9.79. The van der Waals surface area contributed by atoms with Crippen LogP contribution >= 0.6 is 0 Å². The van der Waals surface area contributed by atoms with E-state index in [-0.39, 0.29) is 5.91 Å². The lowest BCUT2D eigenvalue weighted by atomic mass is 10.5. The molecule has 0 heterocycles. The molecule has 13 heavy (non-hydrogen) atoms. The van der Waals surface area contributed by atoms with Crippen molar-refractivity contribution in [1.29, 1.82) is 0 Å². The molecule has 1 N–H and O–H groups in total. The predicted molar refractivity (Wildman–Crippen MR) is 53.7 cm³/mol. The Hall–Kier alpha value is -0.393. The zero-order chi connectivity index (χ0) is 10.1. The lowest BCUT2D eigenvalue weighted by Crippen LogP contribution is -2.39. The van der Waals surface area contributed by atoms with Gasteiger partial charge in [0.15, 0.2) is 0 Å². The van der Waals surface area contributed by atoms with Crippen molar-refractivity contribution in [3.8, 4) is 0 Å². The quantitative estimate of drug-likeness (QED) is 0.610. The Balaban J connectivity index is 3.61. The minimum atomic E-state index is -1.64. The Morgan fingerprint density at radius 3 is 2.15 bits per heavy atom. The summed E-state index contributed by atoms with van der Waals surface area (Å²) in [6, 6.07) is 0. The van der Waals surface area contributed by atoms with E-state index >= 15 is 0 Å². The van der Waals surface area contributed by atoms with Gasteiger partial charge in [0.1, 0.15) is 0 Å². The molecule has 0 aliphatic carbocycles. The summed E-state index contributed by atoms with van der Waals surface area (Å²) in [5.41, 5.74) is 0. The van der Waals surface area contributed by atoms with Crippen LogP contribution in [0.4, 0.5) is 0 Å². The van der Waals surface area contributed by atoms with Gasteiger partial charge in [-0.3, -0.25) is 4.79 Å². The van der Waals surface area contributed by atoms with Gasteiger partial charge in [0, 0.05) is 19.6 Å². The van der Waals surface area contributed by atoms with Crippen LogP contribution in [0.5, 0.6) is 0 Å². The van der Waals surface area contributed by atoms with Gasteiger partial charge in [-0.05, 0) is 13.8 Å². The first-order valence-corrected chi connectivity index (χ1v) is 6.50. The second kappa shape index (κ2) is 8.22. The molecule has 0 aromatic heterocycles. The number of nitrogens with one attached hydrogen (secondary N) is 1. The minimum Gasteiger partial charge on any atom is -0.396 e. The monoisotopic (exact) mass is 205 g/mol. The molecule has 0 aromatic carbocycles. The van der Waals surface area contributed by atoms with Crippen LogP contribution in [-0.2, 0) is 13.6 Å². The maximum absolute atomic E-state index is 10.9. The predicted octanol–water partition coefficient (Wildman–Crippen LogP) is 0.345. The largest absolute Gasteiger partial charge is 0.396 e. The molecule has 0 rings (SSSR count). The van der Waals surface area contributed by atoms with E-state index in [2.05, 4.69) is 5.32 Å². The maximum atomic E-state index is 10.9. The van der Waals surface area contributed by atoms with Crippen molar-refractivity contribution in [3.63, 3.8) is 0 Å². The summed E-state index contributed by atoms with van der Waals surface area (Å²) in [6.07, 6.45) is 1.08. The van der Waals surface area contributed by atoms with Gasteiger partial charge in [0.25, 0.3) is 0 Å². The molecular weight excluding hydrogens is 186 g/mol. The smallest absolute Gasteiger partial charge is 0.341 e. The fourth-order valence-corrected chi connectivity index (χ4v) is 2.33. The highest BCUT2D eigenvalue weighted by Crippen LogP contribution is 1.88. The fourth-order valence-electron chi connectivity index (χ4n) is 0.860. The Bertz CT molecular complexity index is 137. The summed E-state index contributed by atoms with van der Waals surface area (Å²) in [5.74, 6) is 0.0527. The molecule has 0 radical (unpaired) electrons. The lowest BCUT2D eigenvalue weighted by molar-refractivity contribution is -0.120. The van der Waals surface area contributed by atoms with Crippen molar-refractivity contribution in [2.45, 2.75) is 27.2 Å². The number of hydrogen-bond acceptors (Lipinski definition) is 3. The summed E-state index contributed by atoms with van der Waals surface area (Å²) in [7, 11) is -1.64. The number of hydrogen-bond donors (Lipinski definition) is 1. The molecule has 5 heteroatoms. The Labute approximate surface area is 81.5 Å². The van der Waals surface area contributed by atoms with Crippen molar-refractivity contribution in [2.75, 3.05) is 19.4 Å². The molecule has 78 valence electrons. The molecule has 1 amide bonds. The number of amides is 1. The van der Waals surface area contributed by atoms with E-state index in [1.807, 2.05) is 20.8 Å². The summed E-state index contributed by atoms with van der Waals surface area (Å²) >= 11 is 0. The van der Waals surface area contributed by atoms with Crippen LogP contribution < -0.4 is 5.32 Å². The Morgan fingerprint density at radius 2 is 1.77 bits per heavy atom. The molecule has 0 fully saturated rings. The summed E-state index contributed by atoms with van der Waals surface area (Å²) in [6.45, 7) is 6.99. The molecule has 0 saturated carbocycles. The first-order valence-electron chi connectivity index (χ1n) is 4.74. The van der Waals surface area contributed by atoms with E-state index in [1.165, 1.54) is 0 Å². The van der Waals surface area contributed by atoms with Gasteiger partial charge in [-0.1, -0.05) is 6.92 Å². The topological polar surface area (TPSA) is 47.6 Å². The van der Waals surface area contributed by atoms with Crippen molar-refractivity contribution in [1.82, 2.24) is 5.32 Å². The van der Waals surface area contributed by atoms with E-state index in [0.717, 1.165) is 0 Å². The molecule has 0 unspecified atom stereocenters. The van der Waals surface area contributed by atoms with Crippen LogP contribution in [0, 0.1) is 0 Å². The molecule has 0 bridgehead atoms. The third-order valence-electron chi connectivity index (χ3n) is 1.49. The van der Waals surface area contributed by atoms with Crippen molar-refractivity contribution >= 4 is 15.2 Å². The van der Waals surface area contributed by atoms with Crippen molar-refractivity contribution in [3.05, 3.63) is 0 Å². The van der Waals surface area contributed by atoms with E-state index in [0.29, 0.717) is 25.8 Å². The number of carbonyl (C=O) groups excluding carboxylic acids is 1. The van der Waals surface area contributed by atoms with Gasteiger partial charge in [0.05, 0.1) is 6.17 Å². The van der Waals surface area contributed by atoms with Gasteiger partial charge >= 0.3 is 9.28 Å². The molecule has 0 saturated heterocycles. The third kappa shape index (κ3) is 6.74. The second-order valence-electron chi connectivity index (χ2n) is 2.50. The molecule has 4 nitrogen and oxygen atoms in total. The van der Waals surface area contributed by atoms with Crippen LogP contribution in [-0.4, -0.2) is 34.6 Å². The number of rotatable bonds is 7. The zero-order valence-electron chi connectivity index (χ0n) is 8.63. The Morgan fingerprint density at radius 1 is 1.23 bits per heavy atom. The summed E-state index contributed by atoms with van der Waals surface area (Å²) < 4.78 is 10.8. The van der Waals surface area contributed by atoms with Gasteiger partial charge in [-0.15, -0.1) is 0 Å². The normalized spacial score (nSPS) is 10.5. The fraction of sp³-hybridized carbons (Fsp3) is 0.875. The van der Waals surface area contributed by atoms with Crippen molar-refractivity contribution in [2.24, 2.45) is 0 Å². The lowest BCUT2D eigenvalue weighted by Gasteiger charge is -2.14. The van der Waals surface area contributed by atoms with E-state index < -0.39 is 9.28 Å². The van der Waals surface area contributed by atoms with Crippen molar-refractivity contribution < 1.29 is 13.6 Å². The van der Waals surface area contributed by atoms with Crippen LogP contribution in [0.15, 0.2) is 0 Å². The molecular formula is C8H19NO3Si. The van der Waals surface area contributed by atoms with Gasteiger partial charge in [-0.2, -0.15) is 0 Å². The van der Waals surface area contributed by atoms with Gasteiger partial charge in [0.2, 0.25) is 5.91 Å².